The molecule has 0 saturated heterocycles. The third-order valence-electron chi connectivity index (χ3n) is 2.89. The number of aliphatic hydroxyl groups is 1. The second-order valence-corrected chi connectivity index (χ2v) is 4.06. The van der Waals surface area contributed by atoms with Gasteiger partial charge in [-0.05, 0) is 36.8 Å². The molecule has 1 aromatic rings. The second kappa shape index (κ2) is 6.48. The Hall–Kier alpha value is -1.09. The van der Waals surface area contributed by atoms with Gasteiger partial charge < -0.3 is 10.4 Å². The molecular formula is C13H22N2O. The van der Waals surface area contributed by atoms with Crippen molar-refractivity contribution in [2.45, 2.75) is 45.6 Å². The van der Waals surface area contributed by atoms with Gasteiger partial charge in [0.1, 0.15) is 5.82 Å². The number of anilines is 1. The molecule has 0 aliphatic carbocycles. The van der Waals surface area contributed by atoms with Gasteiger partial charge in [-0.15, -0.1) is 0 Å². The van der Waals surface area contributed by atoms with Gasteiger partial charge in [0.2, 0.25) is 0 Å². The predicted molar refractivity (Wildman–Crippen MR) is 67.8 cm³/mol. The van der Waals surface area contributed by atoms with Crippen molar-refractivity contribution >= 4 is 5.82 Å². The zero-order valence-electron chi connectivity index (χ0n) is 10.5. The monoisotopic (exact) mass is 222 g/mol. The van der Waals surface area contributed by atoms with Crippen molar-refractivity contribution in [2.24, 2.45) is 0 Å². The molecule has 0 aromatic carbocycles. The van der Waals surface area contributed by atoms with E-state index >= 15 is 0 Å². The maximum atomic E-state index is 9.57. The molecule has 3 heteroatoms. The molecule has 0 radical (unpaired) electrons. The molecule has 1 aromatic heterocycles. The molecular weight excluding hydrogens is 200 g/mol. The van der Waals surface area contributed by atoms with Crippen LogP contribution in [0.5, 0.6) is 0 Å². The summed E-state index contributed by atoms with van der Waals surface area (Å²) in [5, 5.41) is 12.7. The first-order valence-corrected chi connectivity index (χ1v) is 6.04. The number of pyridine rings is 1. The standard InChI is InChI=1S/C13H22N2O/c1-4-10-8-11(6-7-12(16)5-2)13(14-3)15-9-10/h8-9,12,16H,4-7H2,1-3H3,(H,14,15). The lowest BCUT2D eigenvalue weighted by Crippen LogP contribution is -2.08. The van der Waals surface area contributed by atoms with Gasteiger partial charge in [0, 0.05) is 13.2 Å². The van der Waals surface area contributed by atoms with Gasteiger partial charge >= 0.3 is 0 Å². The fourth-order valence-corrected chi connectivity index (χ4v) is 1.70. The van der Waals surface area contributed by atoms with Crippen molar-refractivity contribution in [1.29, 1.82) is 0 Å². The highest BCUT2D eigenvalue weighted by Gasteiger charge is 2.07. The minimum atomic E-state index is -0.199. The number of nitrogens with zero attached hydrogens (tertiary/aromatic N) is 1. The van der Waals surface area contributed by atoms with Crippen LogP contribution in [0.1, 0.15) is 37.8 Å². The Kier molecular flexibility index (Phi) is 5.26. The smallest absolute Gasteiger partial charge is 0.128 e. The number of aromatic nitrogens is 1. The molecule has 0 spiro atoms. The highest BCUT2D eigenvalue weighted by Crippen LogP contribution is 2.17. The summed E-state index contributed by atoms with van der Waals surface area (Å²) in [5.41, 5.74) is 2.45. The van der Waals surface area contributed by atoms with E-state index in [1.54, 1.807) is 0 Å². The molecule has 1 atom stereocenters. The van der Waals surface area contributed by atoms with Crippen molar-refractivity contribution < 1.29 is 5.11 Å². The normalized spacial score (nSPS) is 12.5. The maximum absolute atomic E-state index is 9.57. The zero-order chi connectivity index (χ0) is 12.0. The van der Waals surface area contributed by atoms with Crippen molar-refractivity contribution in [1.82, 2.24) is 4.98 Å². The summed E-state index contributed by atoms with van der Waals surface area (Å²) in [4.78, 5) is 4.38. The summed E-state index contributed by atoms with van der Waals surface area (Å²) in [7, 11) is 1.88. The molecule has 90 valence electrons. The third kappa shape index (κ3) is 3.49. The molecule has 0 bridgehead atoms. The minimum absolute atomic E-state index is 0.199. The molecule has 1 heterocycles. The molecule has 0 amide bonds. The van der Waals surface area contributed by atoms with Crippen LogP contribution in [0.3, 0.4) is 0 Å². The highest BCUT2D eigenvalue weighted by molar-refractivity contribution is 5.45. The van der Waals surface area contributed by atoms with Crippen molar-refractivity contribution in [3.63, 3.8) is 0 Å². The average Bonchev–Trinajstić information content (AvgIpc) is 2.35. The molecule has 1 rings (SSSR count). The number of nitrogens with one attached hydrogen (secondary N) is 1. The Balaban J connectivity index is 2.75. The molecule has 3 nitrogen and oxygen atoms in total. The first kappa shape index (κ1) is 13.0. The van der Waals surface area contributed by atoms with Crippen LogP contribution in [-0.2, 0) is 12.8 Å². The van der Waals surface area contributed by atoms with Gasteiger partial charge in [-0.25, -0.2) is 4.98 Å². The number of aliphatic hydroxyl groups excluding tert-OH is 1. The lowest BCUT2D eigenvalue weighted by Gasteiger charge is -2.12. The van der Waals surface area contributed by atoms with Gasteiger partial charge in [0.15, 0.2) is 0 Å². The van der Waals surface area contributed by atoms with E-state index in [1.807, 2.05) is 20.2 Å². The van der Waals surface area contributed by atoms with Crippen LogP contribution < -0.4 is 5.32 Å². The quantitative estimate of drug-likeness (QED) is 0.777. The second-order valence-electron chi connectivity index (χ2n) is 4.06. The average molecular weight is 222 g/mol. The van der Waals surface area contributed by atoms with Crippen LogP contribution in [0.2, 0.25) is 0 Å². The molecule has 2 N–H and O–H groups in total. The summed E-state index contributed by atoms with van der Waals surface area (Å²) >= 11 is 0. The SMILES string of the molecule is CCc1cnc(NC)c(CCC(O)CC)c1. The van der Waals surface area contributed by atoms with Crippen molar-refractivity contribution in [2.75, 3.05) is 12.4 Å². The molecule has 0 aliphatic rings. The first-order valence-electron chi connectivity index (χ1n) is 6.04. The Morgan fingerprint density at radius 1 is 1.44 bits per heavy atom. The Labute approximate surface area is 97.9 Å². The van der Waals surface area contributed by atoms with Crippen LogP contribution >= 0.6 is 0 Å². The van der Waals surface area contributed by atoms with Gasteiger partial charge in [-0.3, -0.25) is 0 Å². The van der Waals surface area contributed by atoms with E-state index in [2.05, 4.69) is 23.3 Å². The third-order valence-corrected chi connectivity index (χ3v) is 2.89. The summed E-state index contributed by atoms with van der Waals surface area (Å²) in [6.07, 6.45) is 5.21. The topological polar surface area (TPSA) is 45.2 Å². The number of aryl methyl sites for hydroxylation is 2. The van der Waals surface area contributed by atoms with E-state index in [1.165, 1.54) is 11.1 Å². The van der Waals surface area contributed by atoms with Crippen LogP contribution in [0.4, 0.5) is 5.82 Å². The Morgan fingerprint density at radius 3 is 2.75 bits per heavy atom. The predicted octanol–water partition coefficient (Wildman–Crippen LogP) is 2.39. The molecule has 0 fully saturated rings. The van der Waals surface area contributed by atoms with Gasteiger partial charge in [-0.2, -0.15) is 0 Å². The van der Waals surface area contributed by atoms with Crippen LogP contribution in [0.25, 0.3) is 0 Å². The summed E-state index contributed by atoms with van der Waals surface area (Å²) in [5.74, 6) is 0.931. The molecule has 1 unspecified atom stereocenters. The van der Waals surface area contributed by atoms with E-state index in [-0.39, 0.29) is 6.10 Å². The Bertz CT molecular complexity index is 326. The van der Waals surface area contributed by atoms with E-state index in [0.717, 1.165) is 31.5 Å². The highest BCUT2D eigenvalue weighted by atomic mass is 16.3. The molecule has 0 aliphatic heterocycles. The van der Waals surface area contributed by atoms with Crippen LogP contribution in [0, 0.1) is 0 Å². The van der Waals surface area contributed by atoms with Crippen LogP contribution in [0.15, 0.2) is 12.3 Å². The number of hydrogen-bond donors (Lipinski definition) is 2. The van der Waals surface area contributed by atoms with Crippen LogP contribution in [-0.4, -0.2) is 23.2 Å². The fraction of sp³-hybridized carbons (Fsp3) is 0.615. The van der Waals surface area contributed by atoms with Crippen molar-refractivity contribution in [3.8, 4) is 0 Å². The maximum Gasteiger partial charge on any atom is 0.128 e. The van der Waals surface area contributed by atoms with E-state index in [0.29, 0.717) is 0 Å². The first-order chi connectivity index (χ1) is 7.71. The van der Waals surface area contributed by atoms with E-state index in [4.69, 9.17) is 0 Å². The summed E-state index contributed by atoms with van der Waals surface area (Å²) in [6.45, 7) is 4.13. The molecule has 16 heavy (non-hydrogen) atoms. The largest absolute Gasteiger partial charge is 0.393 e. The number of hydrogen-bond acceptors (Lipinski definition) is 3. The minimum Gasteiger partial charge on any atom is -0.393 e. The van der Waals surface area contributed by atoms with E-state index < -0.39 is 0 Å². The van der Waals surface area contributed by atoms with Gasteiger partial charge in [0.05, 0.1) is 6.10 Å². The molecule has 0 saturated carbocycles. The fourth-order valence-electron chi connectivity index (χ4n) is 1.70. The lowest BCUT2D eigenvalue weighted by molar-refractivity contribution is 0.160. The van der Waals surface area contributed by atoms with Gasteiger partial charge in [0.25, 0.3) is 0 Å². The Morgan fingerprint density at radius 2 is 2.19 bits per heavy atom. The summed E-state index contributed by atoms with van der Waals surface area (Å²) in [6, 6.07) is 2.18. The number of rotatable bonds is 6. The lowest BCUT2D eigenvalue weighted by atomic mass is 10.0. The van der Waals surface area contributed by atoms with Crippen molar-refractivity contribution in [3.05, 3.63) is 23.4 Å². The van der Waals surface area contributed by atoms with E-state index in [9.17, 15) is 5.11 Å². The summed E-state index contributed by atoms with van der Waals surface area (Å²) < 4.78 is 0. The van der Waals surface area contributed by atoms with Gasteiger partial charge in [-0.1, -0.05) is 19.9 Å². The zero-order valence-corrected chi connectivity index (χ0v) is 10.5.